The summed E-state index contributed by atoms with van der Waals surface area (Å²) in [4.78, 5) is 19.0. The largest absolute Gasteiger partial charge is 0.378 e. The van der Waals surface area contributed by atoms with Crippen LogP contribution in [0.2, 0.25) is 0 Å². The molecule has 1 aliphatic carbocycles. The molecule has 1 fully saturated rings. The fraction of sp³-hybridized carbons (Fsp3) is 0.636. The number of likely N-dealkylation sites (N-methyl/N-ethyl adjacent to an activating group) is 1. The lowest BCUT2D eigenvalue weighted by atomic mass is 9.90. The number of hydrogen-bond donors (Lipinski definition) is 0. The van der Waals surface area contributed by atoms with Crippen molar-refractivity contribution in [1.29, 1.82) is 0 Å². The number of thiophene rings is 1. The van der Waals surface area contributed by atoms with Gasteiger partial charge in [0.05, 0.1) is 13.2 Å². The van der Waals surface area contributed by atoms with E-state index >= 15 is 0 Å². The van der Waals surface area contributed by atoms with Crippen LogP contribution in [0.4, 0.5) is 0 Å². The van der Waals surface area contributed by atoms with Gasteiger partial charge in [0.25, 0.3) is 5.91 Å². The van der Waals surface area contributed by atoms with Gasteiger partial charge in [0, 0.05) is 48.4 Å². The number of rotatable bonds is 6. The molecule has 1 unspecified atom stereocenters. The summed E-state index contributed by atoms with van der Waals surface area (Å²) >= 11 is 1.81. The fourth-order valence-electron chi connectivity index (χ4n) is 4.41. The maximum absolute atomic E-state index is 13.3. The van der Waals surface area contributed by atoms with Crippen LogP contribution in [-0.4, -0.2) is 64.9 Å². The van der Waals surface area contributed by atoms with E-state index in [1.54, 1.807) is 0 Å². The van der Waals surface area contributed by atoms with Gasteiger partial charge in [-0.1, -0.05) is 19.9 Å². The first-order valence-corrected chi connectivity index (χ1v) is 11.6. The van der Waals surface area contributed by atoms with Gasteiger partial charge in [-0.3, -0.25) is 14.4 Å². The number of fused-ring (bicyclic) bond motifs is 1. The Balaban J connectivity index is 1.58. The van der Waals surface area contributed by atoms with Crippen molar-refractivity contribution < 1.29 is 9.53 Å². The van der Waals surface area contributed by atoms with Crippen molar-refractivity contribution in [2.45, 2.75) is 52.2 Å². The number of nitrogens with zero attached hydrogens (tertiary/aromatic N) is 4. The topological polar surface area (TPSA) is 50.6 Å². The molecule has 3 heterocycles. The second kappa shape index (κ2) is 8.98. The third-order valence-corrected chi connectivity index (χ3v) is 6.83. The Morgan fingerprint density at radius 3 is 2.86 bits per heavy atom. The molecule has 2 aromatic heterocycles. The van der Waals surface area contributed by atoms with E-state index in [4.69, 9.17) is 9.84 Å². The van der Waals surface area contributed by atoms with Gasteiger partial charge in [-0.15, -0.1) is 11.3 Å². The van der Waals surface area contributed by atoms with Crippen molar-refractivity contribution in [2.24, 2.45) is 5.92 Å². The molecule has 1 saturated heterocycles. The van der Waals surface area contributed by atoms with E-state index < -0.39 is 0 Å². The number of hydrogen-bond acceptors (Lipinski definition) is 5. The monoisotopic (exact) mass is 416 g/mol. The Morgan fingerprint density at radius 2 is 2.17 bits per heavy atom. The van der Waals surface area contributed by atoms with E-state index in [1.807, 2.05) is 16.2 Å². The van der Waals surface area contributed by atoms with Gasteiger partial charge in [0.2, 0.25) is 0 Å². The van der Waals surface area contributed by atoms with E-state index in [0.29, 0.717) is 44.0 Å². The average Bonchev–Trinajstić information content (AvgIpc) is 3.35. The molecule has 0 N–H and O–H groups in total. The molecule has 1 atom stereocenters. The molecule has 6 nitrogen and oxygen atoms in total. The molecule has 158 valence electrons. The molecule has 0 radical (unpaired) electrons. The second-order valence-corrected chi connectivity index (χ2v) is 9.68. The molecule has 1 aliphatic heterocycles. The zero-order valence-corrected chi connectivity index (χ0v) is 18.6. The molecule has 2 aliphatic rings. The Bertz CT molecular complexity index is 824. The smallest absolute Gasteiger partial charge is 0.274 e. The van der Waals surface area contributed by atoms with Crippen molar-refractivity contribution in [2.75, 3.05) is 33.4 Å². The summed E-state index contributed by atoms with van der Waals surface area (Å²) in [6.45, 7) is 8.80. The predicted octanol–water partition coefficient (Wildman–Crippen LogP) is 3.06. The molecule has 29 heavy (non-hydrogen) atoms. The van der Waals surface area contributed by atoms with Gasteiger partial charge >= 0.3 is 0 Å². The van der Waals surface area contributed by atoms with E-state index in [0.717, 1.165) is 32.4 Å². The Morgan fingerprint density at radius 1 is 1.38 bits per heavy atom. The third kappa shape index (κ3) is 4.57. The van der Waals surface area contributed by atoms with Crippen LogP contribution in [-0.2, 0) is 30.7 Å². The zero-order chi connectivity index (χ0) is 20.4. The summed E-state index contributed by atoms with van der Waals surface area (Å²) in [6.07, 6.45) is 3.01. The van der Waals surface area contributed by atoms with Crippen LogP contribution in [0.3, 0.4) is 0 Å². The molecule has 7 heteroatoms. The van der Waals surface area contributed by atoms with E-state index in [2.05, 4.69) is 48.0 Å². The minimum absolute atomic E-state index is 0.0774. The van der Waals surface area contributed by atoms with E-state index in [-0.39, 0.29) is 5.91 Å². The third-order valence-electron chi connectivity index (χ3n) is 5.97. The summed E-state index contributed by atoms with van der Waals surface area (Å²) in [5.41, 5.74) is 3.13. The highest BCUT2D eigenvalue weighted by Gasteiger charge is 2.33. The van der Waals surface area contributed by atoms with Gasteiger partial charge in [-0.05, 0) is 43.7 Å². The number of carbonyl (C=O) groups excluding carboxylic acids is 1. The molecule has 0 bridgehead atoms. The minimum Gasteiger partial charge on any atom is -0.378 e. The van der Waals surface area contributed by atoms with Crippen molar-refractivity contribution in [3.8, 4) is 0 Å². The van der Waals surface area contributed by atoms with Gasteiger partial charge in [0.1, 0.15) is 0 Å². The molecule has 2 aromatic rings. The van der Waals surface area contributed by atoms with Crippen LogP contribution in [0.25, 0.3) is 0 Å². The first-order valence-electron chi connectivity index (χ1n) is 10.7. The Kier molecular flexibility index (Phi) is 6.37. The van der Waals surface area contributed by atoms with Gasteiger partial charge < -0.3 is 9.64 Å². The van der Waals surface area contributed by atoms with Gasteiger partial charge in [-0.25, -0.2) is 0 Å². The maximum Gasteiger partial charge on any atom is 0.274 e. The van der Waals surface area contributed by atoms with Crippen molar-refractivity contribution in [1.82, 2.24) is 19.6 Å². The lowest BCUT2D eigenvalue weighted by Gasteiger charge is -2.32. The standard InChI is InChI=1S/C22H32N4O2S/c1-16(2)14-26-20-7-6-17(24(3)15-18-5-4-12-29-18)13-19(20)21(23-26)22(27)25-8-10-28-11-9-25/h4-5,12,16-17H,6-11,13-15H2,1-3H3. The number of morpholine rings is 1. The number of amides is 1. The molecule has 0 spiro atoms. The highest BCUT2D eigenvalue weighted by Crippen LogP contribution is 2.29. The molecular formula is C22H32N4O2S. The highest BCUT2D eigenvalue weighted by molar-refractivity contribution is 7.09. The molecular weight excluding hydrogens is 384 g/mol. The lowest BCUT2D eigenvalue weighted by Crippen LogP contribution is -2.42. The average molecular weight is 417 g/mol. The predicted molar refractivity (Wildman–Crippen MR) is 115 cm³/mol. The quantitative estimate of drug-likeness (QED) is 0.726. The summed E-state index contributed by atoms with van der Waals surface area (Å²) in [5, 5.41) is 6.98. The van der Waals surface area contributed by atoms with Crippen LogP contribution in [0.15, 0.2) is 17.5 Å². The molecule has 1 amide bonds. The summed E-state index contributed by atoms with van der Waals surface area (Å²) in [7, 11) is 2.21. The number of ether oxygens (including phenoxy) is 1. The number of aromatic nitrogens is 2. The first-order chi connectivity index (χ1) is 14.0. The van der Waals surface area contributed by atoms with Crippen molar-refractivity contribution in [3.63, 3.8) is 0 Å². The van der Waals surface area contributed by atoms with Gasteiger partial charge in [-0.2, -0.15) is 5.10 Å². The molecule has 0 saturated carbocycles. The summed E-state index contributed by atoms with van der Waals surface area (Å²) in [5.74, 6) is 0.582. The van der Waals surface area contributed by atoms with Crippen LogP contribution >= 0.6 is 11.3 Å². The van der Waals surface area contributed by atoms with Crippen LogP contribution in [0, 0.1) is 5.92 Å². The van der Waals surface area contributed by atoms with Crippen LogP contribution < -0.4 is 0 Å². The van der Waals surface area contributed by atoms with Crippen LogP contribution in [0.1, 0.15) is 46.9 Å². The van der Waals surface area contributed by atoms with Crippen LogP contribution in [0.5, 0.6) is 0 Å². The fourth-order valence-corrected chi connectivity index (χ4v) is 5.18. The molecule has 4 rings (SSSR count). The summed E-state index contributed by atoms with van der Waals surface area (Å²) in [6, 6.07) is 4.75. The summed E-state index contributed by atoms with van der Waals surface area (Å²) < 4.78 is 7.54. The second-order valence-electron chi connectivity index (χ2n) is 8.65. The highest BCUT2D eigenvalue weighted by atomic mass is 32.1. The van der Waals surface area contributed by atoms with Crippen molar-refractivity contribution in [3.05, 3.63) is 39.3 Å². The van der Waals surface area contributed by atoms with E-state index in [9.17, 15) is 4.79 Å². The SMILES string of the molecule is CC(C)Cn1nc(C(=O)N2CCOCC2)c2c1CCC(N(C)Cc1cccs1)C2. The maximum atomic E-state index is 13.3. The molecule has 0 aromatic carbocycles. The lowest BCUT2D eigenvalue weighted by molar-refractivity contribution is 0.0297. The Labute approximate surface area is 177 Å². The Hall–Kier alpha value is -1.70. The van der Waals surface area contributed by atoms with Gasteiger partial charge in [0.15, 0.2) is 5.69 Å². The van der Waals surface area contributed by atoms with Crippen molar-refractivity contribution >= 4 is 17.2 Å². The zero-order valence-electron chi connectivity index (χ0n) is 17.8. The first kappa shape index (κ1) is 20.6. The number of carbonyl (C=O) groups is 1. The normalized spacial score (nSPS) is 19.8. The minimum atomic E-state index is 0.0774. The van der Waals surface area contributed by atoms with E-state index in [1.165, 1.54) is 16.1 Å².